The van der Waals surface area contributed by atoms with Crippen LogP contribution < -0.4 is 5.32 Å². The van der Waals surface area contributed by atoms with Gasteiger partial charge in [0.2, 0.25) is 5.91 Å². The molecule has 1 amide bonds. The zero-order chi connectivity index (χ0) is 15.9. The maximum Gasteiger partial charge on any atom is 0.221 e. The van der Waals surface area contributed by atoms with Gasteiger partial charge in [0.15, 0.2) is 0 Å². The van der Waals surface area contributed by atoms with E-state index in [0.29, 0.717) is 6.42 Å². The SMILES string of the molecule is CNC(=O)CC(C)N(C)Cc1cccc(Cn2cccn2)c1. The molecule has 1 unspecified atom stereocenters. The number of nitrogens with one attached hydrogen (secondary N) is 1. The van der Waals surface area contributed by atoms with Crippen molar-refractivity contribution in [3.05, 3.63) is 53.9 Å². The summed E-state index contributed by atoms with van der Waals surface area (Å²) in [6.07, 6.45) is 4.27. The van der Waals surface area contributed by atoms with Gasteiger partial charge in [-0.3, -0.25) is 14.4 Å². The van der Waals surface area contributed by atoms with E-state index >= 15 is 0 Å². The van der Waals surface area contributed by atoms with Gasteiger partial charge in [-0.2, -0.15) is 5.10 Å². The Hall–Kier alpha value is -2.14. The van der Waals surface area contributed by atoms with E-state index in [1.807, 2.05) is 24.0 Å². The largest absolute Gasteiger partial charge is 0.359 e. The van der Waals surface area contributed by atoms with Crippen molar-refractivity contribution < 1.29 is 4.79 Å². The quantitative estimate of drug-likeness (QED) is 0.849. The average Bonchev–Trinajstić information content (AvgIpc) is 3.00. The zero-order valence-electron chi connectivity index (χ0n) is 13.5. The molecule has 22 heavy (non-hydrogen) atoms. The first kappa shape index (κ1) is 16.2. The molecule has 0 radical (unpaired) electrons. The molecule has 1 N–H and O–H groups in total. The second-order valence-electron chi connectivity index (χ2n) is 5.67. The molecule has 1 aromatic heterocycles. The lowest BCUT2D eigenvalue weighted by atomic mass is 10.1. The third-order valence-electron chi connectivity index (χ3n) is 3.84. The Morgan fingerprint density at radius 3 is 2.82 bits per heavy atom. The topological polar surface area (TPSA) is 50.2 Å². The maximum absolute atomic E-state index is 11.5. The molecule has 1 heterocycles. The van der Waals surface area contributed by atoms with Gasteiger partial charge in [-0.1, -0.05) is 24.3 Å². The predicted molar refractivity (Wildman–Crippen MR) is 87.4 cm³/mol. The molecule has 1 aromatic carbocycles. The number of aromatic nitrogens is 2. The standard InChI is InChI=1S/C17H24N4O/c1-14(10-17(22)18-2)20(3)12-15-6-4-7-16(11-15)13-21-9-5-8-19-21/h4-9,11,14H,10,12-13H2,1-3H3,(H,18,22). The molecule has 0 spiro atoms. The highest BCUT2D eigenvalue weighted by atomic mass is 16.1. The lowest BCUT2D eigenvalue weighted by Gasteiger charge is -2.24. The van der Waals surface area contributed by atoms with Crippen molar-refractivity contribution >= 4 is 5.91 Å². The number of rotatable bonds is 7. The fraction of sp³-hybridized carbons (Fsp3) is 0.412. The van der Waals surface area contributed by atoms with Gasteiger partial charge in [-0.15, -0.1) is 0 Å². The number of benzene rings is 1. The van der Waals surface area contributed by atoms with Crippen LogP contribution in [0, 0.1) is 0 Å². The van der Waals surface area contributed by atoms with Crippen molar-refractivity contribution in [3.63, 3.8) is 0 Å². The van der Waals surface area contributed by atoms with E-state index in [-0.39, 0.29) is 11.9 Å². The molecular weight excluding hydrogens is 276 g/mol. The minimum atomic E-state index is 0.0757. The molecule has 0 aliphatic heterocycles. The summed E-state index contributed by atoms with van der Waals surface area (Å²) in [5, 5.41) is 6.91. The summed E-state index contributed by atoms with van der Waals surface area (Å²) in [7, 11) is 3.72. The first-order valence-electron chi connectivity index (χ1n) is 7.54. The van der Waals surface area contributed by atoms with Gasteiger partial charge < -0.3 is 5.32 Å². The van der Waals surface area contributed by atoms with Crippen LogP contribution in [0.5, 0.6) is 0 Å². The van der Waals surface area contributed by atoms with Crippen LogP contribution in [-0.2, 0) is 17.9 Å². The summed E-state index contributed by atoms with van der Waals surface area (Å²) < 4.78 is 1.91. The van der Waals surface area contributed by atoms with Gasteiger partial charge in [-0.05, 0) is 31.2 Å². The van der Waals surface area contributed by atoms with Crippen molar-refractivity contribution in [1.29, 1.82) is 0 Å². The number of hydrogen-bond acceptors (Lipinski definition) is 3. The minimum absolute atomic E-state index is 0.0757. The molecule has 1 atom stereocenters. The summed E-state index contributed by atoms with van der Waals surface area (Å²) >= 11 is 0. The predicted octanol–water partition coefficient (Wildman–Crippen LogP) is 1.89. The molecule has 5 nitrogen and oxygen atoms in total. The van der Waals surface area contributed by atoms with Crippen LogP contribution in [0.2, 0.25) is 0 Å². The number of amides is 1. The number of carbonyl (C=O) groups is 1. The Bertz CT molecular complexity index is 594. The Kier molecular flexibility index (Phi) is 5.72. The van der Waals surface area contributed by atoms with E-state index in [1.165, 1.54) is 11.1 Å². The molecule has 0 saturated heterocycles. The Balaban J connectivity index is 1.96. The van der Waals surface area contributed by atoms with E-state index in [2.05, 4.69) is 46.5 Å². The summed E-state index contributed by atoms with van der Waals surface area (Å²) in [4.78, 5) is 13.7. The molecular formula is C17H24N4O. The molecule has 0 saturated carbocycles. The first-order chi connectivity index (χ1) is 10.6. The Morgan fingerprint density at radius 2 is 2.14 bits per heavy atom. The number of carbonyl (C=O) groups excluding carboxylic acids is 1. The van der Waals surface area contributed by atoms with Gasteiger partial charge >= 0.3 is 0 Å². The van der Waals surface area contributed by atoms with Crippen molar-refractivity contribution in [2.24, 2.45) is 0 Å². The van der Waals surface area contributed by atoms with Gasteiger partial charge in [-0.25, -0.2) is 0 Å². The lowest BCUT2D eigenvalue weighted by molar-refractivity contribution is -0.121. The van der Waals surface area contributed by atoms with Crippen LogP contribution in [0.3, 0.4) is 0 Å². The molecule has 0 bridgehead atoms. The second kappa shape index (κ2) is 7.75. The molecule has 118 valence electrons. The van der Waals surface area contributed by atoms with Crippen LogP contribution in [-0.4, -0.2) is 40.7 Å². The average molecular weight is 300 g/mol. The Morgan fingerprint density at radius 1 is 1.36 bits per heavy atom. The van der Waals surface area contributed by atoms with Crippen LogP contribution in [0.25, 0.3) is 0 Å². The van der Waals surface area contributed by atoms with Crippen LogP contribution >= 0.6 is 0 Å². The number of hydrogen-bond donors (Lipinski definition) is 1. The monoisotopic (exact) mass is 300 g/mol. The second-order valence-corrected chi connectivity index (χ2v) is 5.67. The fourth-order valence-corrected chi connectivity index (χ4v) is 2.38. The number of nitrogens with zero attached hydrogens (tertiary/aromatic N) is 3. The van der Waals surface area contributed by atoms with Gasteiger partial charge in [0, 0.05) is 38.4 Å². The third kappa shape index (κ3) is 4.70. The lowest BCUT2D eigenvalue weighted by Crippen LogP contribution is -2.33. The molecule has 2 rings (SSSR count). The molecule has 0 aliphatic rings. The zero-order valence-corrected chi connectivity index (χ0v) is 13.5. The van der Waals surface area contributed by atoms with Crippen molar-refractivity contribution in [3.8, 4) is 0 Å². The summed E-state index contributed by atoms with van der Waals surface area (Å²) in [5.41, 5.74) is 2.48. The molecule has 0 aliphatic carbocycles. The van der Waals surface area contributed by atoms with Crippen LogP contribution in [0.15, 0.2) is 42.7 Å². The van der Waals surface area contributed by atoms with Crippen molar-refractivity contribution in [2.75, 3.05) is 14.1 Å². The van der Waals surface area contributed by atoms with E-state index in [1.54, 1.807) is 13.2 Å². The normalized spacial score (nSPS) is 12.4. The minimum Gasteiger partial charge on any atom is -0.359 e. The van der Waals surface area contributed by atoms with Gasteiger partial charge in [0.05, 0.1) is 6.54 Å². The van der Waals surface area contributed by atoms with E-state index in [9.17, 15) is 4.79 Å². The van der Waals surface area contributed by atoms with Gasteiger partial charge in [0.1, 0.15) is 0 Å². The smallest absolute Gasteiger partial charge is 0.221 e. The van der Waals surface area contributed by atoms with Crippen LogP contribution in [0.4, 0.5) is 0 Å². The maximum atomic E-state index is 11.5. The highest BCUT2D eigenvalue weighted by molar-refractivity contribution is 5.76. The van der Waals surface area contributed by atoms with Crippen molar-refractivity contribution in [1.82, 2.24) is 20.0 Å². The van der Waals surface area contributed by atoms with Crippen LogP contribution in [0.1, 0.15) is 24.5 Å². The summed E-state index contributed by atoms with van der Waals surface area (Å²) in [5.74, 6) is 0.0757. The summed E-state index contributed by atoms with van der Waals surface area (Å²) in [6.45, 7) is 3.67. The van der Waals surface area contributed by atoms with E-state index < -0.39 is 0 Å². The Labute approximate surface area is 131 Å². The highest BCUT2D eigenvalue weighted by Gasteiger charge is 2.13. The van der Waals surface area contributed by atoms with E-state index in [4.69, 9.17) is 0 Å². The molecule has 2 aromatic rings. The first-order valence-corrected chi connectivity index (χ1v) is 7.54. The molecule has 5 heteroatoms. The van der Waals surface area contributed by atoms with Crippen molar-refractivity contribution in [2.45, 2.75) is 32.5 Å². The van der Waals surface area contributed by atoms with E-state index in [0.717, 1.165) is 13.1 Å². The van der Waals surface area contributed by atoms with Gasteiger partial charge in [0.25, 0.3) is 0 Å². The third-order valence-corrected chi connectivity index (χ3v) is 3.84. The highest BCUT2D eigenvalue weighted by Crippen LogP contribution is 2.12. The molecule has 0 fully saturated rings. The summed E-state index contributed by atoms with van der Waals surface area (Å²) in [6, 6.07) is 10.6. The fourth-order valence-electron chi connectivity index (χ4n) is 2.38.